The molecule has 1 aromatic carbocycles. The number of amides is 1. The molecule has 0 aliphatic rings. The van der Waals surface area contributed by atoms with E-state index in [0.717, 1.165) is 11.4 Å². The Kier molecular flexibility index (Phi) is 5.43. The molecule has 22 heavy (non-hydrogen) atoms. The van der Waals surface area contributed by atoms with E-state index < -0.39 is 0 Å². The van der Waals surface area contributed by atoms with Crippen molar-refractivity contribution >= 4 is 17.5 Å². The third-order valence-corrected chi connectivity index (χ3v) is 2.99. The molecule has 2 rings (SSSR count). The predicted molar refractivity (Wildman–Crippen MR) is 85.4 cm³/mol. The van der Waals surface area contributed by atoms with Crippen LogP contribution in [0.4, 0.5) is 11.6 Å². The Morgan fingerprint density at radius 3 is 2.55 bits per heavy atom. The van der Waals surface area contributed by atoms with Gasteiger partial charge in [-0.2, -0.15) is 0 Å². The number of nitrogens with zero attached hydrogens (tertiary/aromatic N) is 2. The van der Waals surface area contributed by atoms with Crippen LogP contribution in [0.15, 0.2) is 30.3 Å². The fourth-order valence-electron chi connectivity index (χ4n) is 2.05. The molecular formula is C16H20N4O2. The van der Waals surface area contributed by atoms with Gasteiger partial charge in [0.15, 0.2) is 0 Å². The number of hydrogen-bond acceptors (Lipinski definition) is 5. The van der Waals surface area contributed by atoms with Gasteiger partial charge in [0.2, 0.25) is 5.95 Å². The third-order valence-electron chi connectivity index (χ3n) is 2.99. The molecule has 0 radical (unpaired) electrons. The number of para-hydroxylation sites is 1. The van der Waals surface area contributed by atoms with Gasteiger partial charge in [-0.05, 0) is 32.0 Å². The maximum absolute atomic E-state index is 12.2. The highest BCUT2D eigenvalue weighted by molar-refractivity contribution is 6.00. The first-order chi connectivity index (χ1) is 10.6. The van der Waals surface area contributed by atoms with Gasteiger partial charge in [-0.25, -0.2) is 9.97 Å². The van der Waals surface area contributed by atoms with Gasteiger partial charge in [0.1, 0.15) is 0 Å². The lowest BCUT2D eigenvalue weighted by Crippen LogP contribution is -2.27. The summed E-state index contributed by atoms with van der Waals surface area (Å²) in [5, 5.41) is 5.92. The van der Waals surface area contributed by atoms with Gasteiger partial charge in [0.05, 0.1) is 17.9 Å². The fourth-order valence-corrected chi connectivity index (χ4v) is 2.05. The summed E-state index contributed by atoms with van der Waals surface area (Å²) in [6.07, 6.45) is 0. The zero-order valence-electron chi connectivity index (χ0n) is 13.0. The van der Waals surface area contributed by atoms with Crippen molar-refractivity contribution in [3.8, 4) is 0 Å². The largest absolute Gasteiger partial charge is 0.383 e. The average Bonchev–Trinajstić information content (AvgIpc) is 2.47. The van der Waals surface area contributed by atoms with E-state index in [-0.39, 0.29) is 5.91 Å². The average molecular weight is 300 g/mol. The van der Waals surface area contributed by atoms with E-state index in [2.05, 4.69) is 20.6 Å². The molecule has 0 atom stereocenters. The first kappa shape index (κ1) is 15.9. The summed E-state index contributed by atoms with van der Waals surface area (Å²) < 4.78 is 4.93. The number of rotatable bonds is 6. The van der Waals surface area contributed by atoms with E-state index in [1.54, 1.807) is 13.2 Å². The molecule has 2 aromatic rings. The topological polar surface area (TPSA) is 76.1 Å². The van der Waals surface area contributed by atoms with Crippen LogP contribution in [0.3, 0.4) is 0 Å². The van der Waals surface area contributed by atoms with Crippen LogP contribution in [-0.2, 0) is 4.74 Å². The maximum Gasteiger partial charge on any atom is 0.253 e. The molecule has 6 heteroatoms. The first-order valence-electron chi connectivity index (χ1n) is 7.05. The van der Waals surface area contributed by atoms with E-state index in [0.29, 0.717) is 30.4 Å². The van der Waals surface area contributed by atoms with Crippen molar-refractivity contribution in [2.75, 3.05) is 25.6 Å². The molecule has 1 heterocycles. The standard InChI is InChI=1S/C16H20N4O2/c1-11-10-12(2)19-16(18-11)20-14-7-5-4-6-13(14)15(21)17-8-9-22-3/h4-7,10H,8-9H2,1-3H3,(H,17,21)(H,18,19,20). The quantitative estimate of drug-likeness (QED) is 0.800. The molecule has 1 aromatic heterocycles. The van der Waals surface area contributed by atoms with Crippen molar-refractivity contribution in [1.29, 1.82) is 0 Å². The zero-order chi connectivity index (χ0) is 15.9. The molecule has 0 saturated carbocycles. The van der Waals surface area contributed by atoms with Crippen LogP contribution in [0, 0.1) is 13.8 Å². The Labute approximate surface area is 129 Å². The second-order valence-corrected chi connectivity index (χ2v) is 4.89. The predicted octanol–water partition coefficient (Wildman–Crippen LogP) is 2.21. The summed E-state index contributed by atoms with van der Waals surface area (Å²) in [6, 6.07) is 9.16. The minimum atomic E-state index is -0.162. The number of nitrogens with one attached hydrogen (secondary N) is 2. The molecule has 2 N–H and O–H groups in total. The summed E-state index contributed by atoms with van der Waals surface area (Å²) in [5.74, 6) is 0.319. The van der Waals surface area contributed by atoms with Crippen molar-refractivity contribution in [3.05, 3.63) is 47.3 Å². The van der Waals surface area contributed by atoms with Crippen molar-refractivity contribution in [1.82, 2.24) is 15.3 Å². The van der Waals surface area contributed by atoms with Gasteiger partial charge in [0, 0.05) is 25.0 Å². The number of benzene rings is 1. The summed E-state index contributed by atoms with van der Waals surface area (Å²) in [7, 11) is 1.60. The van der Waals surface area contributed by atoms with Gasteiger partial charge >= 0.3 is 0 Å². The molecule has 0 bridgehead atoms. The van der Waals surface area contributed by atoms with Crippen LogP contribution < -0.4 is 10.6 Å². The molecule has 1 amide bonds. The smallest absolute Gasteiger partial charge is 0.253 e. The Bertz CT molecular complexity index is 638. The van der Waals surface area contributed by atoms with Crippen LogP contribution in [0.2, 0.25) is 0 Å². The fraction of sp³-hybridized carbons (Fsp3) is 0.312. The lowest BCUT2D eigenvalue weighted by atomic mass is 10.1. The van der Waals surface area contributed by atoms with Gasteiger partial charge in [-0.15, -0.1) is 0 Å². The van der Waals surface area contributed by atoms with Crippen LogP contribution in [-0.4, -0.2) is 36.1 Å². The molecule has 6 nitrogen and oxygen atoms in total. The minimum Gasteiger partial charge on any atom is -0.383 e. The third kappa shape index (κ3) is 4.26. The Morgan fingerprint density at radius 1 is 1.18 bits per heavy atom. The Balaban J connectivity index is 2.19. The molecule has 0 unspecified atom stereocenters. The number of hydrogen-bond donors (Lipinski definition) is 2. The van der Waals surface area contributed by atoms with Crippen LogP contribution in [0.5, 0.6) is 0 Å². The highest BCUT2D eigenvalue weighted by Gasteiger charge is 2.11. The molecule has 0 fully saturated rings. The zero-order valence-corrected chi connectivity index (χ0v) is 13.0. The highest BCUT2D eigenvalue weighted by atomic mass is 16.5. The molecular weight excluding hydrogens is 280 g/mol. The lowest BCUT2D eigenvalue weighted by Gasteiger charge is -2.11. The normalized spacial score (nSPS) is 10.3. The summed E-state index contributed by atoms with van der Waals surface area (Å²) >= 11 is 0. The van der Waals surface area contributed by atoms with Gasteiger partial charge < -0.3 is 15.4 Å². The molecule has 0 aliphatic heterocycles. The molecule has 116 valence electrons. The number of carbonyl (C=O) groups is 1. The number of carbonyl (C=O) groups excluding carboxylic acids is 1. The van der Waals surface area contributed by atoms with E-state index in [4.69, 9.17) is 4.74 Å². The van der Waals surface area contributed by atoms with Gasteiger partial charge in [-0.3, -0.25) is 4.79 Å². The monoisotopic (exact) mass is 300 g/mol. The summed E-state index contributed by atoms with van der Waals surface area (Å²) in [5.41, 5.74) is 2.96. The second kappa shape index (κ2) is 7.51. The van der Waals surface area contributed by atoms with Gasteiger partial charge in [-0.1, -0.05) is 12.1 Å². The maximum atomic E-state index is 12.2. The van der Waals surface area contributed by atoms with E-state index >= 15 is 0 Å². The Morgan fingerprint density at radius 2 is 1.86 bits per heavy atom. The minimum absolute atomic E-state index is 0.162. The van der Waals surface area contributed by atoms with Crippen LogP contribution >= 0.6 is 0 Å². The lowest BCUT2D eigenvalue weighted by molar-refractivity contribution is 0.0938. The molecule has 0 spiro atoms. The van der Waals surface area contributed by atoms with Crippen molar-refractivity contribution < 1.29 is 9.53 Å². The molecule has 0 saturated heterocycles. The summed E-state index contributed by atoms with van der Waals surface area (Å²) in [6.45, 7) is 4.75. The van der Waals surface area contributed by atoms with Crippen molar-refractivity contribution in [2.24, 2.45) is 0 Å². The summed E-state index contributed by atoms with van der Waals surface area (Å²) in [4.78, 5) is 20.9. The molecule has 0 aliphatic carbocycles. The first-order valence-corrected chi connectivity index (χ1v) is 7.05. The van der Waals surface area contributed by atoms with E-state index in [1.807, 2.05) is 38.1 Å². The highest BCUT2D eigenvalue weighted by Crippen LogP contribution is 2.19. The van der Waals surface area contributed by atoms with Crippen molar-refractivity contribution in [2.45, 2.75) is 13.8 Å². The number of anilines is 2. The van der Waals surface area contributed by atoms with E-state index in [9.17, 15) is 4.79 Å². The number of methoxy groups -OCH3 is 1. The van der Waals surface area contributed by atoms with E-state index in [1.165, 1.54) is 0 Å². The second-order valence-electron chi connectivity index (χ2n) is 4.89. The van der Waals surface area contributed by atoms with Crippen molar-refractivity contribution in [3.63, 3.8) is 0 Å². The van der Waals surface area contributed by atoms with Gasteiger partial charge in [0.25, 0.3) is 5.91 Å². The Hall–Kier alpha value is -2.47. The number of aromatic nitrogens is 2. The van der Waals surface area contributed by atoms with Crippen LogP contribution in [0.25, 0.3) is 0 Å². The van der Waals surface area contributed by atoms with Crippen LogP contribution in [0.1, 0.15) is 21.7 Å². The number of ether oxygens (including phenoxy) is 1. The SMILES string of the molecule is COCCNC(=O)c1ccccc1Nc1nc(C)cc(C)n1. The number of aryl methyl sites for hydroxylation is 2.